The maximum Gasteiger partial charge on any atom is 0.311 e. The van der Waals surface area contributed by atoms with Gasteiger partial charge < -0.3 is 10.0 Å². The van der Waals surface area contributed by atoms with Crippen LogP contribution in [0.25, 0.3) is 0 Å². The summed E-state index contributed by atoms with van der Waals surface area (Å²) in [5.74, 6) is -1.33. The molecule has 1 amide bonds. The third kappa shape index (κ3) is 3.23. The molecule has 3 N–H and O–H groups in total. The third-order valence-corrected chi connectivity index (χ3v) is 5.49. The Morgan fingerprint density at radius 1 is 1.30 bits per heavy atom. The Labute approximate surface area is 135 Å². The molecule has 0 bridgehead atoms. The number of rotatable bonds is 3. The number of likely N-dealkylation sites (tertiary alicyclic amines) is 1. The summed E-state index contributed by atoms with van der Waals surface area (Å²) in [6.45, 7) is 5.34. The summed E-state index contributed by atoms with van der Waals surface area (Å²) in [6, 6.07) is 2.86. The number of carboxylic acids is 1. The second-order valence-electron chi connectivity index (χ2n) is 6.30. The molecule has 1 saturated heterocycles. The Morgan fingerprint density at radius 2 is 1.91 bits per heavy atom. The molecule has 0 saturated carbocycles. The van der Waals surface area contributed by atoms with E-state index in [4.69, 9.17) is 5.14 Å². The molecule has 1 aromatic rings. The zero-order chi connectivity index (χ0) is 17.6. The van der Waals surface area contributed by atoms with Gasteiger partial charge in [-0.3, -0.25) is 9.59 Å². The van der Waals surface area contributed by atoms with Gasteiger partial charge in [-0.25, -0.2) is 13.6 Å². The largest absolute Gasteiger partial charge is 0.481 e. The molecule has 1 unspecified atom stereocenters. The zero-order valence-corrected chi connectivity index (χ0v) is 14.1. The quantitative estimate of drug-likeness (QED) is 0.847. The first-order valence-corrected chi connectivity index (χ1v) is 8.67. The van der Waals surface area contributed by atoms with E-state index >= 15 is 0 Å². The van der Waals surface area contributed by atoms with Crippen LogP contribution in [0.5, 0.6) is 0 Å². The van der Waals surface area contributed by atoms with Gasteiger partial charge in [-0.15, -0.1) is 0 Å². The number of amides is 1. The molecule has 1 aliphatic heterocycles. The smallest absolute Gasteiger partial charge is 0.311 e. The van der Waals surface area contributed by atoms with Gasteiger partial charge >= 0.3 is 5.97 Å². The molecular formula is C15H20N2O5S. The van der Waals surface area contributed by atoms with E-state index in [1.807, 2.05) is 0 Å². The summed E-state index contributed by atoms with van der Waals surface area (Å²) in [4.78, 5) is 25.2. The molecule has 1 atom stereocenters. The lowest BCUT2D eigenvalue weighted by molar-refractivity contribution is -0.147. The fourth-order valence-corrected chi connectivity index (χ4v) is 3.62. The number of nitrogens with two attached hydrogens (primary N) is 1. The van der Waals surface area contributed by atoms with Crippen LogP contribution in [-0.4, -0.2) is 43.4 Å². The number of hydrogen-bond acceptors (Lipinski definition) is 4. The monoisotopic (exact) mass is 340 g/mol. The predicted molar refractivity (Wildman–Crippen MR) is 83.6 cm³/mol. The van der Waals surface area contributed by atoms with Crippen LogP contribution >= 0.6 is 0 Å². The number of carboxylic acid groups (broad SMARTS) is 1. The Hall–Kier alpha value is -1.93. The van der Waals surface area contributed by atoms with Crippen LogP contribution in [0.3, 0.4) is 0 Å². The molecule has 23 heavy (non-hydrogen) atoms. The lowest BCUT2D eigenvalue weighted by atomic mass is 9.90. The third-order valence-electron chi connectivity index (χ3n) is 4.45. The molecule has 1 fully saturated rings. The Balaban J connectivity index is 2.39. The second kappa shape index (κ2) is 5.61. The molecule has 0 aromatic heterocycles. The van der Waals surface area contributed by atoms with Crippen molar-refractivity contribution in [2.24, 2.45) is 10.6 Å². The molecule has 1 aromatic carbocycles. The van der Waals surface area contributed by atoms with Crippen molar-refractivity contribution in [1.29, 1.82) is 0 Å². The van der Waals surface area contributed by atoms with Gasteiger partial charge in [0.05, 0.1) is 10.3 Å². The molecule has 1 heterocycles. The molecule has 2 rings (SSSR count). The van der Waals surface area contributed by atoms with Crippen molar-refractivity contribution in [1.82, 2.24) is 4.90 Å². The summed E-state index contributed by atoms with van der Waals surface area (Å²) in [5.41, 5.74) is 0.366. The van der Waals surface area contributed by atoms with Gasteiger partial charge in [-0.2, -0.15) is 0 Å². The van der Waals surface area contributed by atoms with Crippen molar-refractivity contribution in [2.45, 2.75) is 32.1 Å². The number of nitrogens with zero attached hydrogens (tertiary/aromatic N) is 1. The van der Waals surface area contributed by atoms with Crippen molar-refractivity contribution in [3.05, 3.63) is 28.8 Å². The van der Waals surface area contributed by atoms with Crippen molar-refractivity contribution in [2.75, 3.05) is 13.1 Å². The molecule has 8 heteroatoms. The van der Waals surface area contributed by atoms with E-state index in [1.165, 1.54) is 11.0 Å². The highest BCUT2D eigenvalue weighted by atomic mass is 32.2. The van der Waals surface area contributed by atoms with Gasteiger partial charge in [0.15, 0.2) is 0 Å². The van der Waals surface area contributed by atoms with Crippen LogP contribution < -0.4 is 5.14 Å². The summed E-state index contributed by atoms with van der Waals surface area (Å²) >= 11 is 0. The van der Waals surface area contributed by atoms with Crippen molar-refractivity contribution in [3.63, 3.8) is 0 Å². The highest BCUT2D eigenvalue weighted by Gasteiger charge is 2.42. The van der Waals surface area contributed by atoms with Crippen LogP contribution in [0.1, 0.15) is 34.8 Å². The van der Waals surface area contributed by atoms with Crippen LogP contribution in [0.4, 0.5) is 0 Å². The number of hydrogen-bond donors (Lipinski definition) is 2. The first-order chi connectivity index (χ1) is 10.5. The molecule has 0 spiro atoms. The average Bonchev–Trinajstić information content (AvgIpc) is 2.83. The first-order valence-electron chi connectivity index (χ1n) is 7.12. The fraction of sp³-hybridized carbons (Fsp3) is 0.467. The van der Waals surface area contributed by atoms with E-state index in [0.717, 1.165) is 0 Å². The molecule has 1 aliphatic rings. The summed E-state index contributed by atoms with van der Waals surface area (Å²) in [5, 5.41) is 14.4. The number of aliphatic carboxylic acids is 1. The lowest BCUT2D eigenvalue weighted by Crippen LogP contribution is -2.35. The van der Waals surface area contributed by atoms with Gasteiger partial charge in [0.1, 0.15) is 0 Å². The average molecular weight is 340 g/mol. The first kappa shape index (κ1) is 17.4. The lowest BCUT2D eigenvalue weighted by Gasteiger charge is -2.21. The van der Waals surface area contributed by atoms with Crippen molar-refractivity contribution >= 4 is 21.9 Å². The van der Waals surface area contributed by atoms with E-state index in [1.54, 1.807) is 26.8 Å². The van der Waals surface area contributed by atoms with Crippen LogP contribution in [-0.2, 0) is 14.8 Å². The summed E-state index contributed by atoms with van der Waals surface area (Å²) in [7, 11) is -3.94. The number of carbonyl (C=O) groups is 2. The number of benzene rings is 1. The van der Waals surface area contributed by atoms with E-state index < -0.39 is 21.4 Å². The minimum Gasteiger partial charge on any atom is -0.481 e. The summed E-state index contributed by atoms with van der Waals surface area (Å²) < 4.78 is 23.3. The van der Waals surface area contributed by atoms with E-state index in [0.29, 0.717) is 24.1 Å². The maximum absolute atomic E-state index is 12.6. The molecule has 7 nitrogen and oxygen atoms in total. The highest BCUT2D eigenvalue weighted by Crippen LogP contribution is 2.31. The van der Waals surface area contributed by atoms with E-state index in [-0.39, 0.29) is 22.9 Å². The number of primary sulfonamides is 1. The Morgan fingerprint density at radius 3 is 2.39 bits per heavy atom. The number of sulfonamides is 1. The predicted octanol–water partition coefficient (Wildman–Crippen LogP) is 0.888. The Kier molecular flexibility index (Phi) is 4.25. The summed E-state index contributed by atoms with van der Waals surface area (Å²) in [6.07, 6.45) is 0.362. The number of aryl methyl sites for hydroxylation is 1. The Bertz CT molecular complexity index is 787. The van der Waals surface area contributed by atoms with Gasteiger partial charge in [0.25, 0.3) is 5.91 Å². The van der Waals surface area contributed by atoms with Crippen molar-refractivity contribution < 1.29 is 23.1 Å². The molecule has 126 valence electrons. The zero-order valence-electron chi connectivity index (χ0n) is 13.3. The van der Waals surface area contributed by atoms with Crippen LogP contribution in [0.2, 0.25) is 0 Å². The SMILES string of the molecule is Cc1cc(C(=O)N2CCC(C)(C(=O)O)C2)cc(S(N)(=O)=O)c1C. The standard InChI is InChI=1S/C15H20N2O5S/c1-9-6-11(7-12(10(9)2)23(16,21)22)13(18)17-5-4-15(3,8-17)14(19)20/h6-7H,4-5,8H2,1-3H3,(H,19,20)(H2,16,21,22). The van der Waals surface area contributed by atoms with Gasteiger partial charge in [0.2, 0.25) is 10.0 Å². The van der Waals surface area contributed by atoms with Gasteiger partial charge in [-0.05, 0) is 50.5 Å². The molecule has 0 aliphatic carbocycles. The van der Waals surface area contributed by atoms with E-state index in [9.17, 15) is 23.1 Å². The maximum atomic E-state index is 12.6. The minimum atomic E-state index is -3.94. The highest BCUT2D eigenvalue weighted by molar-refractivity contribution is 7.89. The van der Waals surface area contributed by atoms with E-state index in [2.05, 4.69) is 0 Å². The fourth-order valence-electron chi connectivity index (χ4n) is 2.74. The van der Waals surface area contributed by atoms with Gasteiger partial charge in [0, 0.05) is 18.7 Å². The minimum absolute atomic E-state index is 0.0824. The van der Waals surface area contributed by atoms with Crippen LogP contribution in [0.15, 0.2) is 17.0 Å². The van der Waals surface area contributed by atoms with Crippen LogP contribution in [0, 0.1) is 19.3 Å². The normalized spacial score (nSPS) is 21.5. The molecular weight excluding hydrogens is 320 g/mol. The van der Waals surface area contributed by atoms with Gasteiger partial charge in [-0.1, -0.05) is 0 Å². The van der Waals surface area contributed by atoms with Crippen molar-refractivity contribution in [3.8, 4) is 0 Å². The second-order valence-corrected chi connectivity index (χ2v) is 7.83. The topological polar surface area (TPSA) is 118 Å². The molecule has 0 radical (unpaired) electrons. The number of carbonyl (C=O) groups excluding carboxylic acids is 1.